The molecule has 32 heavy (non-hydrogen) atoms. The van der Waals surface area contributed by atoms with Crippen molar-refractivity contribution >= 4 is 16.9 Å². The molecular weight excluding hydrogens is 425 g/mol. The van der Waals surface area contributed by atoms with E-state index in [9.17, 15) is 18.0 Å². The molecule has 4 aromatic rings. The van der Waals surface area contributed by atoms with E-state index in [0.29, 0.717) is 30.1 Å². The number of hydrogen-bond acceptors (Lipinski definition) is 4. The van der Waals surface area contributed by atoms with Crippen LogP contribution in [0.2, 0.25) is 0 Å². The van der Waals surface area contributed by atoms with Gasteiger partial charge in [-0.25, -0.2) is 4.79 Å². The summed E-state index contributed by atoms with van der Waals surface area (Å²) in [6, 6.07) is 12.0. The fraction of sp³-hybridized carbons (Fsp3) is 0.227. The summed E-state index contributed by atoms with van der Waals surface area (Å²) in [4.78, 5) is 12.0. The quantitative estimate of drug-likeness (QED) is 0.461. The average molecular weight is 444 g/mol. The maximum absolute atomic E-state index is 12.8. The predicted octanol–water partition coefficient (Wildman–Crippen LogP) is 4.26. The fourth-order valence-electron chi connectivity index (χ4n) is 3.37. The molecule has 0 amide bonds. The van der Waals surface area contributed by atoms with E-state index in [4.69, 9.17) is 9.84 Å². The Morgan fingerprint density at radius 2 is 1.84 bits per heavy atom. The number of carboxylic acids is 1. The standard InChI is InChI=1S/C22H19F3N4O3/c1-14-19(27-29(26-14)17-4-2-16(3-5-17)22(23,24)25)9-11-28-10-8-15-12-18(6-7-20(15)28)32-13-21(30)31/h2-8,10,12H,9,11,13H2,1H3,(H,30,31). The summed E-state index contributed by atoms with van der Waals surface area (Å²) in [6.45, 7) is 2.02. The lowest BCUT2D eigenvalue weighted by atomic mass is 10.2. The summed E-state index contributed by atoms with van der Waals surface area (Å²) in [5, 5.41) is 18.4. The van der Waals surface area contributed by atoms with Crippen LogP contribution < -0.4 is 4.74 Å². The Morgan fingerprint density at radius 3 is 2.53 bits per heavy atom. The van der Waals surface area contributed by atoms with Crippen LogP contribution in [0, 0.1) is 6.92 Å². The lowest BCUT2D eigenvalue weighted by Crippen LogP contribution is -2.09. The van der Waals surface area contributed by atoms with E-state index in [2.05, 4.69) is 10.2 Å². The summed E-state index contributed by atoms with van der Waals surface area (Å²) >= 11 is 0. The number of carbonyl (C=O) groups is 1. The molecule has 2 heterocycles. The van der Waals surface area contributed by atoms with Crippen LogP contribution >= 0.6 is 0 Å². The molecule has 0 atom stereocenters. The number of alkyl halides is 3. The molecule has 2 aromatic carbocycles. The minimum atomic E-state index is -4.39. The summed E-state index contributed by atoms with van der Waals surface area (Å²) in [5.41, 5.74) is 2.13. The van der Waals surface area contributed by atoms with E-state index < -0.39 is 24.3 Å². The third-order valence-electron chi connectivity index (χ3n) is 5.00. The normalized spacial score (nSPS) is 11.8. The average Bonchev–Trinajstić information content (AvgIpc) is 3.33. The molecule has 0 aliphatic rings. The zero-order valence-electron chi connectivity index (χ0n) is 17.0. The van der Waals surface area contributed by atoms with Crippen LogP contribution in [0.15, 0.2) is 54.7 Å². The molecule has 0 bridgehead atoms. The molecular formula is C22H19F3N4O3. The Morgan fingerprint density at radius 1 is 1.09 bits per heavy atom. The monoisotopic (exact) mass is 444 g/mol. The molecule has 10 heteroatoms. The van der Waals surface area contributed by atoms with E-state index >= 15 is 0 Å². The van der Waals surface area contributed by atoms with E-state index in [-0.39, 0.29) is 0 Å². The maximum atomic E-state index is 12.8. The van der Waals surface area contributed by atoms with Gasteiger partial charge in [0.05, 0.1) is 22.6 Å². The number of aliphatic carboxylic acids is 1. The van der Waals surface area contributed by atoms with Gasteiger partial charge in [-0.1, -0.05) is 0 Å². The molecule has 4 rings (SSSR count). The highest BCUT2D eigenvalue weighted by atomic mass is 19.4. The third kappa shape index (κ3) is 4.58. The first-order chi connectivity index (χ1) is 15.2. The molecule has 0 aliphatic carbocycles. The molecule has 0 aliphatic heterocycles. The van der Waals surface area contributed by atoms with Gasteiger partial charge in [-0.05, 0) is 55.5 Å². The molecule has 0 spiro atoms. The molecule has 0 radical (unpaired) electrons. The SMILES string of the molecule is Cc1nn(-c2ccc(C(F)(F)F)cc2)nc1CCn1ccc2cc(OCC(=O)O)ccc21. The first-order valence-electron chi connectivity index (χ1n) is 9.74. The minimum Gasteiger partial charge on any atom is -0.482 e. The molecule has 166 valence electrons. The van der Waals surface area contributed by atoms with Gasteiger partial charge in [0.1, 0.15) is 5.75 Å². The lowest BCUT2D eigenvalue weighted by molar-refractivity contribution is -0.139. The second kappa shape index (κ2) is 8.37. The van der Waals surface area contributed by atoms with Crippen molar-refractivity contribution in [2.75, 3.05) is 6.61 Å². The molecule has 0 unspecified atom stereocenters. The summed E-state index contributed by atoms with van der Waals surface area (Å²) < 4.78 is 45.5. The first kappa shape index (κ1) is 21.4. The number of hydrogen-bond donors (Lipinski definition) is 1. The molecule has 2 aromatic heterocycles. The van der Waals surface area contributed by atoms with Crippen molar-refractivity contribution in [1.29, 1.82) is 0 Å². The summed E-state index contributed by atoms with van der Waals surface area (Å²) in [6.07, 6.45) is -1.89. The van der Waals surface area contributed by atoms with Gasteiger partial charge in [-0.3, -0.25) is 0 Å². The number of nitrogens with zero attached hydrogens (tertiary/aromatic N) is 4. The Bertz CT molecular complexity index is 1260. The highest BCUT2D eigenvalue weighted by Crippen LogP contribution is 2.29. The number of aromatic nitrogens is 4. The van der Waals surface area contributed by atoms with Crippen molar-refractivity contribution in [3.8, 4) is 11.4 Å². The van der Waals surface area contributed by atoms with Crippen LogP contribution in [-0.2, 0) is 23.9 Å². The number of benzene rings is 2. The summed E-state index contributed by atoms with van der Waals surface area (Å²) in [5.74, 6) is -0.560. The van der Waals surface area contributed by atoms with Crippen molar-refractivity contribution in [1.82, 2.24) is 19.6 Å². The maximum Gasteiger partial charge on any atom is 0.416 e. The van der Waals surface area contributed by atoms with Gasteiger partial charge in [-0.2, -0.15) is 28.2 Å². The number of rotatable bonds is 7. The first-order valence-corrected chi connectivity index (χ1v) is 9.74. The Kier molecular flexibility index (Phi) is 5.60. The number of aryl methyl sites for hydroxylation is 3. The van der Waals surface area contributed by atoms with Crippen LogP contribution in [0.4, 0.5) is 13.2 Å². The van der Waals surface area contributed by atoms with Crippen LogP contribution in [0.5, 0.6) is 5.75 Å². The minimum absolute atomic E-state index is 0.403. The Balaban J connectivity index is 1.47. The second-order valence-corrected chi connectivity index (χ2v) is 7.23. The van der Waals surface area contributed by atoms with E-state index in [1.807, 2.05) is 29.8 Å². The van der Waals surface area contributed by atoms with Crippen molar-refractivity contribution in [3.05, 3.63) is 71.7 Å². The zero-order valence-corrected chi connectivity index (χ0v) is 17.0. The lowest BCUT2D eigenvalue weighted by Gasteiger charge is -2.07. The van der Waals surface area contributed by atoms with Crippen LogP contribution in [0.3, 0.4) is 0 Å². The van der Waals surface area contributed by atoms with Gasteiger partial charge in [-0.15, -0.1) is 0 Å². The van der Waals surface area contributed by atoms with E-state index in [0.717, 1.165) is 28.7 Å². The molecule has 0 saturated carbocycles. The van der Waals surface area contributed by atoms with Crippen LogP contribution in [0.1, 0.15) is 17.0 Å². The predicted molar refractivity (Wildman–Crippen MR) is 110 cm³/mol. The van der Waals surface area contributed by atoms with Crippen molar-refractivity contribution in [2.24, 2.45) is 0 Å². The van der Waals surface area contributed by atoms with Crippen molar-refractivity contribution in [2.45, 2.75) is 26.1 Å². The molecule has 0 saturated heterocycles. The highest BCUT2D eigenvalue weighted by Gasteiger charge is 2.30. The fourth-order valence-corrected chi connectivity index (χ4v) is 3.37. The van der Waals surface area contributed by atoms with Gasteiger partial charge in [0.15, 0.2) is 6.61 Å². The Hall–Kier alpha value is -3.82. The van der Waals surface area contributed by atoms with Gasteiger partial charge in [0.25, 0.3) is 0 Å². The van der Waals surface area contributed by atoms with Gasteiger partial charge < -0.3 is 14.4 Å². The smallest absolute Gasteiger partial charge is 0.416 e. The van der Waals surface area contributed by atoms with Crippen molar-refractivity contribution in [3.63, 3.8) is 0 Å². The molecule has 1 N–H and O–H groups in total. The summed E-state index contributed by atoms with van der Waals surface area (Å²) in [7, 11) is 0. The van der Waals surface area contributed by atoms with E-state index in [1.165, 1.54) is 16.9 Å². The van der Waals surface area contributed by atoms with Gasteiger partial charge in [0, 0.05) is 30.1 Å². The highest BCUT2D eigenvalue weighted by molar-refractivity contribution is 5.81. The topological polar surface area (TPSA) is 82.2 Å². The Labute approximate surface area is 180 Å². The number of ether oxygens (including phenoxy) is 1. The largest absolute Gasteiger partial charge is 0.482 e. The molecule has 7 nitrogen and oxygen atoms in total. The zero-order chi connectivity index (χ0) is 22.9. The van der Waals surface area contributed by atoms with E-state index in [1.54, 1.807) is 12.1 Å². The van der Waals surface area contributed by atoms with Gasteiger partial charge >= 0.3 is 12.1 Å². The number of carboxylic acid groups (broad SMARTS) is 1. The molecule has 0 fully saturated rings. The van der Waals surface area contributed by atoms with Crippen LogP contribution in [-0.4, -0.2) is 37.2 Å². The van der Waals surface area contributed by atoms with Crippen LogP contribution in [0.25, 0.3) is 16.6 Å². The van der Waals surface area contributed by atoms with Gasteiger partial charge in [0.2, 0.25) is 0 Å². The number of fused-ring (bicyclic) bond motifs is 1. The van der Waals surface area contributed by atoms with Crippen molar-refractivity contribution < 1.29 is 27.8 Å². The number of halogens is 3. The third-order valence-corrected chi connectivity index (χ3v) is 5.00. The second-order valence-electron chi connectivity index (χ2n) is 7.23.